The molecule has 0 aromatic heterocycles. The summed E-state index contributed by atoms with van der Waals surface area (Å²) in [6.45, 7) is 1.75. The number of hydrogen-bond acceptors (Lipinski definition) is 3. The summed E-state index contributed by atoms with van der Waals surface area (Å²) >= 11 is 0. The van der Waals surface area contributed by atoms with Gasteiger partial charge in [0.15, 0.2) is 0 Å². The van der Waals surface area contributed by atoms with Crippen LogP contribution < -0.4 is 10.2 Å². The lowest BCUT2D eigenvalue weighted by atomic mass is 10.1. The Hall–Kier alpha value is -2.69. The van der Waals surface area contributed by atoms with Gasteiger partial charge in [-0.25, -0.2) is 9.82 Å². The summed E-state index contributed by atoms with van der Waals surface area (Å²) in [5.41, 5.74) is 3.71. The van der Waals surface area contributed by atoms with Crippen LogP contribution in [0, 0.1) is 5.82 Å². The molecule has 108 valence electrons. The molecule has 5 heteroatoms. The largest absolute Gasteiger partial charge is 0.497 e. The third kappa shape index (κ3) is 3.66. The summed E-state index contributed by atoms with van der Waals surface area (Å²) in [6.07, 6.45) is 0. The number of amides is 1. The van der Waals surface area contributed by atoms with Crippen molar-refractivity contribution in [2.45, 2.75) is 6.92 Å². The summed E-state index contributed by atoms with van der Waals surface area (Å²) in [6, 6.07) is 13.0. The van der Waals surface area contributed by atoms with Gasteiger partial charge in [-0.05, 0) is 31.2 Å². The molecular weight excluding hydrogens is 271 g/mol. The van der Waals surface area contributed by atoms with Crippen LogP contribution in [0.15, 0.2) is 53.6 Å². The zero-order valence-corrected chi connectivity index (χ0v) is 11.8. The number of carbonyl (C=O) groups excluding carboxylic acids is 1. The minimum absolute atomic E-state index is 0.0420. The second-order valence-corrected chi connectivity index (χ2v) is 4.35. The Balaban J connectivity index is 2.13. The Bertz CT molecular complexity index is 683. The molecule has 0 atom stereocenters. The number of carbonyl (C=O) groups is 1. The highest BCUT2D eigenvalue weighted by Crippen LogP contribution is 2.13. The Morgan fingerprint density at radius 3 is 2.67 bits per heavy atom. The minimum Gasteiger partial charge on any atom is -0.497 e. The quantitative estimate of drug-likeness (QED) is 0.694. The molecule has 0 bridgehead atoms. The molecule has 0 saturated carbocycles. The molecule has 0 fully saturated rings. The van der Waals surface area contributed by atoms with Gasteiger partial charge in [0.2, 0.25) is 0 Å². The highest BCUT2D eigenvalue weighted by molar-refractivity contribution is 6.01. The van der Waals surface area contributed by atoms with Gasteiger partial charge >= 0.3 is 0 Å². The normalized spacial score (nSPS) is 11.1. The molecule has 0 heterocycles. The maximum Gasteiger partial charge on any atom is 0.274 e. The first-order chi connectivity index (χ1) is 10.1. The highest BCUT2D eigenvalue weighted by Gasteiger charge is 2.10. The molecule has 0 aliphatic rings. The second kappa shape index (κ2) is 6.65. The minimum atomic E-state index is -0.588. The van der Waals surface area contributed by atoms with Crippen molar-refractivity contribution in [3.8, 4) is 5.75 Å². The number of halogens is 1. The number of nitrogens with zero attached hydrogens (tertiary/aromatic N) is 1. The molecular formula is C16H15FN2O2. The van der Waals surface area contributed by atoms with Crippen LogP contribution in [-0.4, -0.2) is 18.7 Å². The SMILES string of the molecule is COc1cccc(/C(C)=N\NC(=O)c2ccccc2F)c1. The number of benzene rings is 2. The van der Waals surface area contributed by atoms with Gasteiger partial charge in [-0.3, -0.25) is 4.79 Å². The van der Waals surface area contributed by atoms with E-state index in [-0.39, 0.29) is 5.56 Å². The van der Waals surface area contributed by atoms with Crippen molar-refractivity contribution in [3.63, 3.8) is 0 Å². The first kappa shape index (κ1) is 14.7. The van der Waals surface area contributed by atoms with Crippen LogP contribution in [0.25, 0.3) is 0 Å². The van der Waals surface area contributed by atoms with E-state index in [1.165, 1.54) is 18.2 Å². The molecule has 0 radical (unpaired) electrons. The Morgan fingerprint density at radius 2 is 1.95 bits per heavy atom. The molecule has 1 amide bonds. The lowest BCUT2D eigenvalue weighted by Crippen LogP contribution is -2.20. The van der Waals surface area contributed by atoms with Crippen LogP contribution in [0.4, 0.5) is 4.39 Å². The monoisotopic (exact) mass is 286 g/mol. The number of methoxy groups -OCH3 is 1. The van der Waals surface area contributed by atoms with Gasteiger partial charge in [-0.1, -0.05) is 24.3 Å². The van der Waals surface area contributed by atoms with Crippen LogP contribution in [0.1, 0.15) is 22.8 Å². The van der Waals surface area contributed by atoms with Gasteiger partial charge < -0.3 is 4.74 Å². The number of ether oxygens (including phenoxy) is 1. The van der Waals surface area contributed by atoms with E-state index in [0.717, 1.165) is 5.56 Å². The van der Waals surface area contributed by atoms with Gasteiger partial charge in [0.25, 0.3) is 5.91 Å². The van der Waals surface area contributed by atoms with Gasteiger partial charge in [0, 0.05) is 5.56 Å². The molecule has 1 N–H and O–H groups in total. The van der Waals surface area contributed by atoms with Crippen LogP contribution in [0.3, 0.4) is 0 Å². The van der Waals surface area contributed by atoms with Crippen molar-refractivity contribution < 1.29 is 13.9 Å². The smallest absolute Gasteiger partial charge is 0.274 e. The van der Waals surface area contributed by atoms with E-state index < -0.39 is 11.7 Å². The fourth-order valence-electron chi connectivity index (χ4n) is 1.75. The number of hydrogen-bond donors (Lipinski definition) is 1. The predicted molar refractivity (Wildman–Crippen MR) is 79.1 cm³/mol. The number of rotatable bonds is 4. The Labute approximate surface area is 122 Å². The lowest BCUT2D eigenvalue weighted by molar-refractivity contribution is 0.0951. The zero-order valence-electron chi connectivity index (χ0n) is 11.8. The summed E-state index contributed by atoms with van der Waals surface area (Å²) in [4.78, 5) is 11.8. The van der Waals surface area contributed by atoms with E-state index in [1.807, 2.05) is 18.2 Å². The van der Waals surface area contributed by atoms with Crippen LogP contribution in [0.2, 0.25) is 0 Å². The first-order valence-corrected chi connectivity index (χ1v) is 6.35. The van der Waals surface area contributed by atoms with E-state index in [9.17, 15) is 9.18 Å². The van der Waals surface area contributed by atoms with Gasteiger partial charge in [0.1, 0.15) is 11.6 Å². The van der Waals surface area contributed by atoms with Crippen molar-refractivity contribution >= 4 is 11.6 Å². The zero-order chi connectivity index (χ0) is 15.2. The summed E-state index contributed by atoms with van der Waals surface area (Å²) < 4.78 is 18.6. The van der Waals surface area contributed by atoms with Crippen LogP contribution in [-0.2, 0) is 0 Å². The van der Waals surface area contributed by atoms with Gasteiger partial charge in [0.05, 0.1) is 18.4 Å². The van der Waals surface area contributed by atoms with Crippen LogP contribution in [0.5, 0.6) is 5.75 Å². The maximum absolute atomic E-state index is 13.5. The van der Waals surface area contributed by atoms with E-state index in [4.69, 9.17) is 4.74 Å². The third-order valence-corrected chi connectivity index (χ3v) is 2.93. The van der Waals surface area contributed by atoms with E-state index >= 15 is 0 Å². The third-order valence-electron chi connectivity index (χ3n) is 2.93. The Morgan fingerprint density at radius 1 is 1.19 bits per heavy atom. The molecule has 0 aliphatic heterocycles. The predicted octanol–water partition coefficient (Wildman–Crippen LogP) is 2.99. The fourth-order valence-corrected chi connectivity index (χ4v) is 1.75. The van der Waals surface area contributed by atoms with E-state index in [0.29, 0.717) is 11.5 Å². The van der Waals surface area contributed by atoms with Crippen molar-refractivity contribution in [2.24, 2.45) is 5.10 Å². The molecule has 2 aromatic rings. The molecule has 0 saturated heterocycles. The summed E-state index contributed by atoms with van der Waals surface area (Å²) in [5.74, 6) is -0.470. The molecule has 0 aliphatic carbocycles. The standard InChI is InChI=1S/C16H15FN2O2/c1-11(12-6-5-7-13(10-12)21-2)18-19-16(20)14-8-3-4-9-15(14)17/h3-10H,1-2H3,(H,19,20)/b18-11-. The molecule has 2 aromatic carbocycles. The summed E-state index contributed by atoms with van der Waals surface area (Å²) in [7, 11) is 1.57. The average molecular weight is 286 g/mol. The molecule has 2 rings (SSSR count). The maximum atomic E-state index is 13.5. The Kier molecular flexibility index (Phi) is 4.66. The first-order valence-electron chi connectivity index (χ1n) is 6.35. The molecule has 0 unspecified atom stereocenters. The molecule has 21 heavy (non-hydrogen) atoms. The fraction of sp³-hybridized carbons (Fsp3) is 0.125. The lowest BCUT2D eigenvalue weighted by Gasteiger charge is -2.05. The second-order valence-electron chi connectivity index (χ2n) is 4.35. The van der Waals surface area contributed by atoms with Crippen molar-refractivity contribution in [2.75, 3.05) is 7.11 Å². The average Bonchev–Trinajstić information content (AvgIpc) is 2.52. The van der Waals surface area contributed by atoms with Crippen LogP contribution >= 0.6 is 0 Å². The highest BCUT2D eigenvalue weighted by atomic mass is 19.1. The molecule has 0 spiro atoms. The van der Waals surface area contributed by atoms with E-state index in [1.54, 1.807) is 26.2 Å². The van der Waals surface area contributed by atoms with E-state index in [2.05, 4.69) is 10.5 Å². The summed E-state index contributed by atoms with van der Waals surface area (Å²) in [5, 5.41) is 3.98. The number of nitrogens with one attached hydrogen (secondary N) is 1. The van der Waals surface area contributed by atoms with Gasteiger partial charge in [-0.2, -0.15) is 5.10 Å². The van der Waals surface area contributed by atoms with Crippen molar-refractivity contribution in [1.29, 1.82) is 0 Å². The van der Waals surface area contributed by atoms with Crippen molar-refractivity contribution in [3.05, 3.63) is 65.5 Å². The van der Waals surface area contributed by atoms with Crippen molar-refractivity contribution in [1.82, 2.24) is 5.43 Å². The molecule has 4 nitrogen and oxygen atoms in total. The topological polar surface area (TPSA) is 50.7 Å². The van der Waals surface area contributed by atoms with Gasteiger partial charge in [-0.15, -0.1) is 0 Å². The number of hydrazone groups is 1.